The lowest BCUT2D eigenvalue weighted by Gasteiger charge is -2.33. The molecule has 2 rings (SSSR count). The molecule has 1 N–H and O–H groups in total. The second-order valence-electron chi connectivity index (χ2n) is 4.79. The van der Waals surface area contributed by atoms with E-state index in [0.29, 0.717) is 16.9 Å². The largest absolute Gasteiger partial charge is 0.316 e. The normalized spacial score (nSPS) is 24.9. The van der Waals surface area contributed by atoms with Crippen LogP contribution in [0.3, 0.4) is 0 Å². The molecule has 1 aliphatic heterocycles. The maximum atomic E-state index is 6.34. The van der Waals surface area contributed by atoms with Crippen LogP contribution in [0.25, 0.3) is 0 Å². The van der Waals surface area contributed by atoms with Crippen molar-refractivity contribution in [1.29, 1.82) is 0 Å². The van der Waals surface area contributed by atoms with Crippen LogP contribution >= 0.6 is 23.2 Å². The van der Waals surface area contributed by atoms with Gasteiger partial charge in [-0.2, -0.15) is 0 Å². The highest BCUT2D eigenvalue weighted by atomic mass is 35.5. The van der Waals surface area contributed by atoms with E-state index in [9.17, 15) is 0 Å². The van der Waals surface area contributed by atoms with Crippen molar-refractivity contribution in [3.63, 3.8) is 0 Å². The number of piperidine rings is 1. The lowest BCUT2D eigenvalue weighted by molar-refractivity contribution is 0.307. The third-order valence-corrected chi connectivity index (χ3v) is 4.48. The monoisotopic (exact) mass is 271 g/mol. The number of hydrogen-bond acceptors (Lipinski definition) is 1. The molecule has 1 aromatic rings. The molecule has 0 aromatic heterocycles. The maximum Gasteiger partial charge on any atom is 0.0627 e. The van der Waals surface area contributed by atoms with E-state index < -0.39 is 0 Å². The van der Waals surface area contributed by atoms with Crippen molar-refractivity contribution in [2.45, 2.75) is 32.1 Å². The van der Waals surface area contributed by atoms with Crippen LogP contribution in [0.4, 0.5) is 0 Å². The molecule has 1 fully saturated rings. The lowest BCUT2D eigenvalue weighted by Crippen LogP contribution is -2.35. The summed E-state index contributed by atoms with van der Waals surface area (Å²) in [6, 6.07) is 6.00. The summed E-state index contributed by atoms with van der Waals surface area (Å²) in [5.74, 6) is 1.24. The van der Waals surface area contributed by atoms with Crippen LogP contribution in [0.1, 0.15) is 37.7 Å². The molecule has 0 bridgehead atoms. The van der Waals surface area contributed by atoms with Crippen LogP contribution < -0.4 is 5.32 Å². The number of nitrogens with one attached hydrogen (secondary N) is 1. The van der Waals surface area contributed by atoms with E-state index in [1.807, 2.05) is 12.1 Å². The van der Waals surface area contributed by atoms with Gasteiger partial charge in [-0.15, -0.1) is 0 Å². The van der Waals surface area contributed by atoms with Crippen molar-refractivity contribution < 1.29 is 0 Å². The van der Waals surface area contributed by atoms with E-state index in [0.717, 1.165) is 24.5 Å². The first-order chi connectivity index (χ1) is 8.24. The lowest BCUT2D eigenvalue weighted by atomic mass is 9.79. The van der Waals surface area contributed by atoms with Crippen molar-refractivity contribution >= 4 is 23.2 Å². The highest BCUT2D eigenvalue weighted by molar-refractivity contribution is 6.42. The van der Waals surface area contributed by atoms with Gasteiger partial charge in [0.15, 0.2) is 0 Å². The molecule has 0 saturated carbocycles. The summed E-state index contributed by atoms with van der Waals surface area (Å²) >= 11 is 12.4. The van der Waals surface area contributed by atoms with Gasteiger partial charge in [0.05, 0.1) is 10.0 Å². The third-order valence-electron chi connectivity index (χ3n) is 3.65. The molecular weight excluding hydrogens is 253 g/mol. The van der Waals surface area contributed by atoms with E-state index in [1.54, 1.807) is 0 Å². The third kappa shape index (κ3) is 2.96. The smallest absolute Gasteiger partial charge is 0.0627 e. The molecule has 94 valence electrons. The standard InChI is InChI=1S/C14H19Cl2N/c1-2-4-10-9-17-8-7-11(10)12-5-3-6-13(15)14(12)16/h3,5-6,10-11,17H,2,4,7-9H2,1H3. The minimum Gasteiger partial charge on any atom is -0.316 e. The van der Waals surface area contributed by atoms with Gasteiger partial charge >= 0.3 is 0 Å². The summed E-state index contributed by atoms with van der Waals surface area (Å²) in [6.45, 7) is 4.42. The quantitative estimate of drug-likeness (QED) is 0.855. The summed E-state index contributed by atoms with van der Waals surface area (Å²) in [4.78, 5) is 0. The van der Waals surface area contributed by atoms with Gasteiger partial charge in [0.2, 0.25) is 0 Å². The van der Waals surface area contributed by atoms with Crippen molar-refractivity contribution in [2.75, 3.05) is 13.1 Å². The molecule has 1 nitrogen and oxygen atoms in total. The van der Waals surface area contributed by atoms with Crippen LogP contribution in [0.15, 0.2) is 18.2 Å². The first-order valence-electron chi connectivity index (χ1n) is 6.38. The molecule has 0 spiro atoms. The van der Waals surface area contributed by atoms with Crippen LogP contribution in [-0.2, 0) is 0 Å². The van der Waals surface area contributed by atoms with Crippen LogP contribution in [0, 0.1) is 5.92 Å². The summed E-state index contributed by atoms with van der Waals surface area (Å²) in [7, 11) is 0. The van der Waals surface area contributed by atoms with Crippen molar-refractivity contribution in [1.82, 2.24) is 5.32 Å². The molecule has 1 saturated heterocycles. The van der Waals surface area contributed by atoms with Gasteiger partial charge in [-0.1, -0.05) is 48.7 Å². The van der Waals surface area contributed by atoms with Gasteiger partial charge in [-0.3, -0.25) is 0 Å². The van der Waals surface area contributed by atoms with Gasteiger partial charge < -0.3 is 5.32 Å². The molecule has 0 amide bonds. The van der Waals surface area contributed by atoms with E-state index in [2.05, 4.69) is 18.3 Å². The Morgan fingerprint density at radius 2 is 2.18 bits per heavy atom. The Hall–Kier alpha value is -0.240. The first-order valence-corrected chi connectivity index (χ1v) is 7.14. The van der Waals surface area contributed by atoms with Crippen molar-refractivity contribution in [3.05, 3.63) is 33.8 Å². The highest BCUT2D eigenvalue weighted by Gasteiger charge is 2.27. The zero-order valence-corrected chi connectivity index (χ0v) is 11.7. The van der Waals surface area contributed by atoms with Crippen molar-refractivity contribution in [2.24, 2.45) is 5.92 Å². The molecule has 2 unspecified atom stereocenters. The average molecular weight is 272 g/mol. The molecule has 1 aromatic carbocycles. The SMILES string of the molecule is CCCC1CNCCC1c1cccc(Cl)c1Cl. The summed E-state index contributed by atoms with van der Waals surface area (Å²) in [6.07, 6.45) is 3.63. The van der Waals surface area contributed by atoms with Crippen LogP contribution in [0.5, 0.6) is 0 Å². The topological polar surface area (TPSA) is 12.0 Å². The molecule has 0 aliphatic carbocycles. The predicted molar refractivity (Wildman–Crippen MR) is 75.1 cm³/mol. The molecular formula is C14H19Cl2N. The number of halogens is 2. The van der Waals surface area contributed by atoms with E-state index in [4.69, 9.17) is 23.2 Å². The van der Waals surface area contributed by atoms with Gasteiger partial charge in [-0.05, 0) is 49.4 Å². The Kier molecular flexibility index (Phi) is 4.72. The summed E-state index contributed by atoms with van der Waals surface area (Å²) in [5, 5.41) is 4.91. The van der Waals surface area contributed by atoms with E-state index in [-0.39, 0.29) is 0 Å². The second-order valence-corrected chi connectivity index (χ2v) is 5.58. The fourth-order valence-electron chi connectivity index (χ4n) is 2.81. The Morgan fingerprint density at radius 3 is 2.94 bits per heavy atom. The summed E-state index contributed by atoms with van der Waals surface area (Å²) in [5.41, 5.74) is 1.24. The van der Waals surface area contributed by atoms with E-state index in [1.165, 1.54) is 18.4 Å². The molecule has 1 aliphatic rings. The molecule has 0 radical (unpaired) electrons. The Labute approximate surface area is 114 Å². The minimum absolute atomic E-state index is 0.558. The zero-order chi connectivity index (χ0) is 12.3. The molecule has 3 heteroatoms. The summed E-state index contributed by atoms with van der Waals surface area (Å²) < 4.78 is 0. The number of hydrogen-bond donors (Lipinski definition) is 1. The van der Waals surface area contributed by atoms with Gasteiger partial charge in [0, 0.05) is 0 Å². The van der Waals surface area contributed by atoms with Gasteiger partial charge in [-0.25, -0.2) is 0 Å². The maximum absolute atomic E-state index is 6.34. The minimum atomic E-state index is 0.558. The van der Waals surface area contributed by atoms with Crippen LogP contribution in [0.2, 0.25) is 10.0 Å². The van der Waals surface area contributed by atoms with Gasteiger partial charge in [0.1, 0.15) is 0 Å². The fraction of sp³-hybridized carbons (Fsp3) is 0.571. The zero-order valence-electron chi connectivity index (χ0n) is 10.2. The first kappa shape index (κ1) is 13.2. The predicted octanol–water partition coefficient (Wildman–Crippen LogP) is 4.49. The Morgan fingerprint density at radius 1 is 1.35 bits per heavy atom. The Balaban J connectivity index is 2.26. The van der Waals surface area contributed by atoms with E-state index >= 15 is 0 Å². The number of benzene rings is 1. The number of rotatable bonds is 3. The molecule has 2 atom stereocenters. The second kappa shape index (κ2) is 6.08. The van der Waals surface area contributed by atoms with Crippen molar-refractivity contribution in [3.8, 4) is 0 Å². The van der Waals surface area contributed by atoms with Gasteiger partial charge in [0.25, 0.3) is 0 Å². The van der Waals surface area contributed by atoms with Crippen LogP contribution in [-0.4, -0.2) is 13.1 Å². The molecule has 17 heavy (non-hydrogen) atoms. The highest BCUT2D eigenvalue weighted by Crippen LogP contribution is 2.39. The molecule has 1 heterocycles. The fourth-order valence-corrected chi connectivity index (χ4v) is 3.26. The average Bonchev–Trinajstić information content (AvgIpc) is 2.34. The Bertz CT molecular complexity index is 376.